The van der Waals surface area contributed by atoms with Crippen molar-refractivity contribution in [2.75, 3.05) is 27.4 Å². The average Bonchev–Trinajstić information content (AvgIpc) is 2.99. The minimum Gasteiger partial charge on any atom is -0.497 e. The first-order valence-corrected chi connectivity index (χ1v) is 13.9. The number of benzene rings is 3. The van der Waals surface area contributed by atoms with Gasteiger partial charge in [-0.3, -0.25) is 9.59 Å². The molecule has 0 aliphatic carbocycles. The van der Waals surface area contributed by atoms with Crippen molar-refractivity contribution in [1.29, 1.82) is 0 Å². The highest BCUT2D eigenvalue weighted by Gasteiger charge is 2.23. The molecule has 8 heteroatoms. The van der Waals surface area contributed by atoms with Crippen LogP contribution in [0.5, 0.6) is 5.75 Å². The van der Waals surface area contributed by atoms with Gasteiger partial charge < -0.3 is 23.4 Å². The van der Waals surface area contributed by atoms with Crippen LogP contribution in [0, 0.1) is 0 Å². The first-order valence-electron chi connectivity index (χ1n) is 13.9. The van der Waals surface area contributed by atoms with Crippen molar-refractivity contribution in [3.63, 3.8) is 0 Å². The van der Waals surface area contributed by atoms with E-state index >= 15 is 0 Å². The predicted molar refractivity (Wildman–Crippen MR) is 156 cm³/mol. The molecule has 0 N–H and O–H groups in total. The lowest BCUT2D eigenvalue weighted by molar-refractivity contribution is -0.146. The van der Waals surface area contributed by atoms with Gasteiger partial charge in [-0.1, -0.05) is 37.1 Å². The Morgan fingerprint density at radius 1 is 0.902 bits per heavy atom. The van der Waals surface area contributed by atoms with Gasteiger partial charge in [-0.15, -0.1) is 0 Å². The number of fused-ring (bicyclic) bond motifs is 2. The summed E-state index contributed by atoms with van der Waals surface area (Å²) in [6.07, 6.45) is 4.29. The lowest BCUT2D eigenvalue weighted by atomic mass is 10.0. The number of unbranched alkanes of at least 4 members (excludes halogenated alkanes) is 3. The summed E-state index contributed by atoms with van der Waals surface area (Å²) in [5.74, 6) is -0.0711. The topological polar surface area (TPSA) is 101 Å². The number of carbonyl (C=O) groups is 2. The zero-order valence-electron chi connectivity index (χ0n) is 23.8. The lowest BCUT2D eigenvalue weighted by Gasteiger charge is -2.19. The van der Waals surface area contributed by atoms with Crippen molar-refractivity contribution >= 4 is 33.9 Å². The van der Waals surface area contributed by atoms with Crippen LogP contribution in [0.15, 0.2) is 69.9 Å². The summed E-state index contributed by atoms with van der Waals surface area (Å²) in [5.41, 5.74) is 2.55. The average molecular weight is 561 g/mol. The molecule has 3 aromatic carbocycles. The summed E-state index contributed by atoms with van der Waals surface area (Å²) in [7, 11) is 2.95. The predicted octanol–water partition coefficient (Wildman–Crippen LogP) is 6.56. The summed E-state index contributed by atoms with van der Waals surface area (Å²) in [4.78, 5) is 37.9. The molecule has 216 valence electrons. The largest absolute Gasteiger partial charge is 0.497 e. The van der Waals surface area contributed by atoms with Crippen molar-refractivity contribution in [3.8, 4) is 5.75 Å². The zero-order chi connectivity index (χ0) is 29.2. The molecule has 0 saturated carbocycles. The molecule has 0 radical (unpaired) electrons. The molecule has 0 spiro atoms. The minimum absolute atomic E-state index is 0.00650. The van der Waals surface area contributed by atoms with E-state index in [0.717, 1.165) is 37.9 Å². The van der Waals surface area contributed by atoms with Gasteiger partial charge in [-0.05, 0) is 68.1 Å². The van der Waals surface area contributed by atoms with Crippen LogP contribution in [0.3, 0.4) is 0 Å². The third kappa shape index (κ3) is 7.52. The van der Waals surface area contributed by atoms with E-state index in [9.17, 15) is 14.4 Å². The molecule has 4 rings (SSSR count). The Kier molecular flexibility index (Phi) is 10.5. The monoisotopic (exact) mass is 560 g/mol. The van der Waals surface area contributed by atoms with Crippen molar-refractivity contribution in [3.05, 3.63) is 87.6 Å². The number of carbonyl (C=O) groups excluding carboxylic acids is 2. The maximum Gasteiger partial charge on any atom is 0.337 e. The maximum atomic E-state index is 13.4. The molecule has 8 nitrogen and oxygen atoms in total. The molecule has 1 heterocycles. The van der Waals surface area contributed by atoms with Crippen LogP contribution < -0.4 is 10.2 Å². The van der Waals surface area contributed by atoms with Crippen molar-refractivity contribution in [2.45, 2.75) is 51.6 Å². The van der Waals surface area contributed by atoms with E-state index in [4.69, 9.17) is 23.4 Å². The fraction of sp³-hybridized carbons (Fsp3) is 0.364. The first-order chi connectivity index (χ1) is 19.9. The van der Waals surface area contributed by atoms with E-state index in [-0.39, 0.29) is 35.4 Å². The van der Waals surface area contributed by atoms with E-state index in [1.807, 2.05) is 12.1 Å². The van der Waals surface area contributed by atoms with Crippen molar-refractivity contribution < 1.29 is 33.0 Å². The zero-order valence-corrected chi connectivity index (χ0v) is 23.8. The van der Waals surface area contributed by atoms with Gasteiger partial charge in [0.25, 0.3) is 0 Å². The normalized spacial score (nSPS) is 11.9. The summed E-state index contributed by atoms with van der Waals surface area (Å²) in [6, 6.07) is 17.9. The Balaban J connectivity index is 1.47. The quantitative estimate of drug-likeness (QED) is 0.0971. The molecule has 0 bridgehead atoms. The second-order valence-corrected chi connectivity index (χ2v) is 9.74. The van der Waals surface area contributed by atoms with E-state index in [1.165, 1.54) is 18.7 Å². The van der Waals surface area contributed by atoms with Crippen molar-refractivity contribution in [2.24, 2.45) is 0 Å². The van der Waals surface area contributed by atoms with Crippen LogP contribution in [0.25, 0.3) is 21.9 Å². The molecule has 0 saturated heterocycles. The van der Waals surface area contributed by atoms with Crippen LogP contribution in [-0.2, 0) is 25.4 Å². The first kappa shape index (κ1) is 29.8. The number of hydrogen-bond donors (Lipinski definition) is 0. The summed E-state index contributed by atoms with van der Waals surface area (Å²) in [5, 5.41) is 0.614. The maximum absolute atomic E-state index is 13.4. The Labute approximate surface area is 239 Å². The van der Waals surface area contributed by atoms with Crippen LogP contribution in [-0.4, -0.2) is 39.4 Å². The molecule has 41 heavy (non-hydrogen) atoms. The van der Waals surface area contributed by atoms with Gasteiger partial charge in [0.05, 0.1) is 49.7 Å². The highest BCUT2D eigenvalue weighted by Crippen LogP contribution is 2.31. The second kappa shape index (κ2) is 14.5. The molecule has 0 amide bonds. The van der Waals surface area contributed by atoms with E-state index in [1.54, 1.807) is 44.4 Å². The van der Waals surface area contributed by atoms with E-state index in [2.05, 4.69) is 12.1 Å². The van der Waals surface area contributed by atoms with Crippen LogP contribution in [0.2, 0.25) is 0 Å². The molecule has 4 aromatic rings. The van der Waals surface area contributed by atoms with Crippen molar-refractivity contribution in [1.82, 2.24) is 0 Å². The van der Waals surface area contributed by atoms with Crippen LogP contribution in [0.1, 0.15) is 66.6 Å². The minimum atomic E-state index is -0.646. The molecule has 0 fully saturated rings. The third-order valence-corrected chi connectivity index (χ3v) is 6.99. The number of methoxy groups -OCH3 is 2. The number of rotatable bonds is 14. The fourth-order valence-electron chi connectivity index (χ4n) is 4.83. The molecule has 1 aromatic heterocycles. The number of hydrogen-bond acceptors (Lipinski definition) is 8. The third-order valence-electron chi connectivity index (χ3n) is 6.99. The summed E-state index contributed by atoms with van der Waals surface area (Å²) >= 11 is 0. The van der Waals surface area contributed by atoms with Crippen LogP contribution in [0.4, 0.5) is 0 Å². The number of ether oxygens (including phenoxy) is 4. The highest BCUT2D eigenvalue weighted by atomic mass is 16.5. The lowest BCUT2D eigenvalue weighted by Crippen LogP contribution is -2.15. The number of esters is 2. The molecular weight excluding hydrogens is 524 g/mol. The Morgan fingerprint density at radius 2 is 1.68 bits per heavy atom. The van der Waals surface area contributed by atoms with E-state index in [0.29, 0.717) is 28.7 Å². The van der Waals surface area contributed by atoms with Gasteiger partial charge in [0.1, 0.15) is 16.9 Å². The van der Waals surface area contributed by atoms with Gasteiger partial charge in [0, 0.05) is 12.2 Å². The fourth-order valence-corrected chi connectivity index (χ4v) is 4.83. The number of para-hydroxylation sites is 1. The second-order valence-electron chi connectivity index (χ2n) is 9.74. The standard InChI is InChI=1S/C33H36O8/c1-4-39-30(34)21-29(40-19-8-6-5-7-10-22-13-16-24(37-2)17-14-22)25-11-9-12-26-31(35)27-20-23(33(36)38-3)15-18-28(27)41-32(25)26/h9,11-18,20,29H,4-8,10,19,21H2,1-3H3. The Bertz CT molecular complexity index is 1540. The number of aryl methyl sites for hydroxylation is 1. The van der Waals surface area contributed by atoms with Gasteiger partial charge in [0.2, 0.25) is 5.43 Å². The summed E-state index contributed by atoms with van der Waals surface area (Å²) < 4.78 is 27.6. The molecule has 0 aliphatic rings. The molecule has 1 unspecified atom stereocenters. The van der Waals surface area contributed by atoms with Gasteiger partial charge >= 0.3 is 11.9 Å². The SMILES string of the molecule is CCOC(=O)CC(OCCCCCCc1ccc(OC)cc1)c1cccc2c(=O)c3cc(C(=O)OC)ccc3oc12. The molecule has 1 atom stereocenters. The molecule has 0 aliphatic heterocycles. The smallest absolute Gasteiger partial charge is 0.337 e. The summed E-state index contributed by atoms with van der Waals surface area (Å²) in [6.45, 7) is 2.46. The Morgan fingerprint density at radius 3 is 2.41 bits per heavy atom. The van der Waals surface area contributed by atoms with Crippen LogP contribution >= 0.6 is 0 Å². The van der Waals surface area contributed by atoms with E-state index < -0.39 is 12.1 Å². The van der Waals surface area contributed by atoms with Gasteiger partial charge in [-0.25, -0.2) is 4.79 Å². The Hall–Kier alpha value is -4.17. The van der Waals surface area contributed by atoms with Gasteiger partial charge in [-0.2, -0.15) is 0 Å². The highest BCUT2D eigenvalue weighted by molar-refractivity contribution is 5.97. The van der Waals surface area contributed by atoms with Gasteiger partial charge in [0.15, 0.2) is 0 Å². The molecular formula is C33H36O8.